The first-order chi connectivity index (χ1) is 9.38. The summed E-state index contributed by atoms with van der Waals surface area (Å²) in [5.41, 5.74) is 0.00128. The number of hydrogen-bond acceptors (Lipinski definition) is 3. The molecule has 1 heterocycles. The number of nitrogens with zero attached hydrogens (tertiary/aromatic N) is 1. The van der Waals surface area contributed by atoms with E-state index < -0.39 is 23.8 Å². The van der Waals surface area contributed by atoms with E-state index in [0.29, 0.717) is 24.4 Å². The van der Waals surface area contributed by atoms with E-state index in [0.717, 1.165) is 17.9 Å². The normalized spacial score (nSPS) is 20.9. The van der Waals surface area contributed by atoms with E-state index in [1.165, 1.54) is 12.1 Å². The van der Waals surface area contributed by atoms with Crippen molar-refractivity contribution in [3.63, 3.8) is 0 Å². The minimum atomic E-state index is -4.34. The first kappa shape index (κ1) is 15.2. The van der Waals surface area contributed by atoms with Gasteiger partial charge in [-0.25, -0.2) is 0 Å². The van der Waals surface area contributed by atoms with Crippen LogP contribution in [0.25, 0.3) is 0 Å². The Labute approximate surface area is 118 Å². The van der Waals surface area contributed by atoms with Crippen LogP contribution in [0, 0.1) is 0 Å². The van der Waals surface area contributed by atoms with E-state index in [1.807, 2.05) is 0 Å². The number of carboxylic acid groups (broad SMARTS) is 1. The Morgan fingerprint density at radius 1 is 1.35 bits per heavy atom. The Morgan fingerprint density at radius 3 is 2.55 bits per heavy atom. The number of thioether (sulfide) groups is 1. The topological polar surface area (TPSA) is 40.5 Å². The molecular formula is C13H14F3NO2S. The summed E-state index contributed by atoms with van der Waals surface area (Å²) < 4.78 is 37.4. The Kier molecular flexibility index (Phi) is 4.59. The molecule has 1 N–H and O–H groups in total. The lowest BCUT2D eigenvalue weighted by atomic mass is 10.1. The van der Waals surface area contributed by atoms with Crippen LogP contribution in [0.5, 0.6) is 0 Å². The number of aliphatic carboxylic acids is 1. The quantitative estimate of drug-likeness (QED) is 0.932. The van der Waals surface area contributed by atoms with Crippen LogP contribution in [0.4, 0.5) is 13.2 Å². The van der Waals surface area contributed by atoms with Crippen molar-refractivity contribution in [3.8, 4) is 0 Å². The third-order valence-electron chi connectivity index (χ3n) is 3.19. The van der Waals surface area contributed by atoms with Crippen molar-refractivity contribution in [2.75, 3.05) is 18.1 Å². The van der Waals surface area contributed by atoms with Crippen LogP contribution in [-0.4, -0.2) is 40.1 Å². The lowest BCUT2D eigenvalue weighted by Crippen LogP contribution is -2.46. The maximum absolute atomic E-state index is 12.5. The van der Waals surface area contributed by atoms with Gasteiger partial charge in [0.05, 0.1) is 5.56 Å². The molecule has 20 heavy (non-hydrogen) atoms. The molecule has 1 aliphatic rings. The van der Waals surface area contributed by atoms with Crippen molar-refractivity contribution < 1.29 is 23.1 Å². The van der Waals surface area contributed by atoms with E-state index in [1.54, 1.807) is 16.7 Å². The minimum Gasteiger partial charge on any atom is -0.480 e. The highest BCUT2D eigenvalue weighted by atomic mass is 32.2. The second-order valence-corrected chi connectivity index (χ2v) is 5.74. The summed E-state index contributed by atoms with van der Waals surface area (Å²) in [5, 5.41) is 9.13. The highest BCUT2D eigenvalue weighted by molar-refractivity contribution is 7.99. The molecule has 2 rings (SSSR count). The zero-order valence-corrected chi connectivity index (χ0v) is 11.4. The van der Waals surface area contributed by atoms with E-state index in [4.69, 9.17) is 5.11 Å². The van der Waals surface area contributed by atoms with Gasteiger partial charge in [0.2, 0.25) is 0 Å². The first-order valence-electron chi connectivity index (χ1n) is 6.08. The number of halogens is 3. The number of carboxylic acids is 1. The molecule has 0 spiro atoms. The number of benzene rings is 1. The fourth-order valence-electron chi connectivity index (χ4n) is 2.09. The van der Waals surface area contributed by atoms with Gasteiger partial charge < -0.3 is 5.11 Å². The second kappa shape index (κ2) is 6.05. The molecule has 1 aromatic carbocycles. The third kappa shape index (κ3) is 3.67. The monoisotopic (exact) mass is 305 g/mol. The molecule has 0 aromatic heterocycles. The van der Waals surface area contributed by atoms with Crippen LogP contribution >= 0.6 is 11.8 Å². The number of alkyl halides is 3. The minimum absolute atomic E-state index is 0.357. The Balaban J connectivity index is 2.07. The summed E-state index contributed by atoms with van der Waals surface area (Å²) in [6.07, 6.45) is -4.34. The number of rotatable bonds is 3. The van der Waals surface area contributed by atoms with Crippen LogP contribution in [0.2, 0.25) is 0 Å². The zero-order valence-electron chi connectivity index (χ0n) is 10.6. The van der Waals surface area contributed by atoms with Gasteiger partial charge in [-0.15, -0.1) is 0 Å². The summed E-state index contributed by atoms with van der Waals surface area (Å²) in [6.45, 7) is 0.984. The van der Waals surface area contributed by atoms with Gasteiger partial charge in [-0.05, 0) is 17.7 Å². The van der Waals surface area contributed by atoms with Gasteiger partial charge >= 0.3 is 12.1 Å². The lowest BCUT2D eigenvalue weighted by Gasteiger charge is -2.32. The second-order valence-electron chi connectivity index (χ2n) is 4.59. The van der Waals surface area contributed by atoms with E-state index in [-0.39, 0.29) is 0 Å². The summed E-state index contributed by atoms with van der Waals surface area (Å²) in [4.78, 5) is 12.9. The van der Waals surface area contributed by atoms with Crippen molar-refractivity contribution in [2.24, 2.45) is 0 Å². The van der Waals surface area contributed by atoms with Gasteiger partial charge in [-0.2, -0.15) is 24.9 Å². The summed E-state index contributed by atoms with van der Waals surface area (Å²) >= 11 is 1.58. The molecule has 1 saturated heterocycles. The fourth-order valence-corrected chi connectivity index (χ4v) is 3.20. The Morgan fingerprint density at radius 2 is 2.00 bits per heavy atom. The first-order valence-corrected chi connectivity index (χ1v) is 7.24. The fraction of sp³-hybridized carbons (Fsp3) is 0.462. The highest BCUT2D eigenvalue weighted by Gasteiger charge is 2.31. The van der Waals surface area contributed by atoms with Gasteiger partial charge in [0.15, 0.2) is 0 Å². The molecule has 1 aliphatic heterocycles. The van der Waals surface area contributed by atoms with Crippen LogP contribution in [0.15, 0.2) is 24.3 Å². The molecule has 1 unspecified atom stereocenters. The molecular weight excluding hydrogens is 291 g/mol. The number of carbonyl (C=O) groups is 1. The molecule has 0 saturated carbocycles. The van der Waals surface area contributed by atoms with Crippen molar-refractivity contribution in [3.05, 3.63) is 35.4 Å². The molecule has 0 aliphatic carbocycles. The maximum Gasteiger partial charge on any atom is 0.416 e. The summed E-state index contributed by atoms with van der Waals surface area (Å²) in [6, 6.07) is 4.30. The SMILES string of the molecule is O=C(O)C1CSCCN1Cc1ccc(C(F)(F)F)cc1. The Bertz CT molecular complexity index is 475. The zero-order chi connectivity index (χ0) is 14.8. The van der Waals surface area contributed by atoms with Crippen LogP contribution in [0.1, 0.15) is 11.1 Å². The summed E-state index contributed by atoms with van der Waals surface area (Å²) in [7, 11) is 0. The predicted molar refractivity (Wildman–Crippen MR) is 70.6 cm³/mol. The van der Waals surface area contributed by atoms with Crippen molar-refractivity contribution in [1.29, 1.82) is 0 Å². The molecule has 1 aromatic rings. The largest absolute Gasteiger partial charge is 0.480 e. The maximum atomic E-state index is 12.5. The van der Waals surface area contributed by atoms with Gasteiger partial charge in [-0.1, -0.05) is 12.1 Å². The molecule has 0 amide bonds. The molecule has 0 radical (unpaired) electrons. The van der Waals surface area contributed by atoms with Gasteiger partial charge in [-0.3, -0.25) is 9.69 Å². The van der Waals surface area contributed by atoms with Crippen LogP contribution < -0.4 is 0 Å². The van der Waals surface area contributed by atoms with Gasteiger partial charge in [0, 0.05) is 24.6 Å². The molecule has 1 fully saturated rings. The standard InChI is InChI=1S/C13H14F3NO2S/c14-13(15,16)10-3-1-9(2-4-10)7-17-5-6-20-8-11(17)12(18)19/h1-4,11H,5-8H2,(H,18,19). The van der Waals surface area contributed by atoms with Crippen molar-refractivity contribution in [2.45, 2.75) is 18.8 Å². The average Bonchev–Trinajstić information content (AvgIpc) is 2.38. The van der Waals surface area contributed by atoms with Crippen LogP contribution in [0.3, 0.4) is 0 Å². The smallest absolute Gasteiger partial charge is 0.416 e. The van der Waals surface area contributed by atoms with Gasteiger partial charge in [0.1, 0.15) is 6.04 Å². The third-order valence-corrected chi connectivity index (χ3v) is 4.21. The molecule has 110 valence electrons. The molecule has 7 heteroatoms. The van der Waals surface area contributed by atoms with Crippen molar-refractivity contribution in [1.82, 2.24) is 4.90 Å². The van der Waals surface area contributed by atoms with Crippen molar-refractivity contribution >= 4 is 17.7 Å². The van der Waals surface area contributed by atoms with E-state index >= 15 is 0 Å². The van der Waals surface area contributed by atoms with E-state index in [2.05, 4.69) is 0 Å². The lowest BCUT2D eigenvalue weighted by molar-refractivity contribution is -0.142. The molecule has 3 nitrogen and oxygen atoms in total. The Hall–Kier alpha value is -1.21. The van der Waals surface area contributed by atoms with Gasteiger partial charge in [0.25, 0.3) is 0 Å². The van der Waals surface area contributed by atoms with E-state index in [9.17, 15) is 18.0 Å². The highest BCUT2D eigenvalue weighted by Crippen LogP contribution is 2.29. The molecule has 1 atom stereocenters. The molecule has 0 bridgehead atoms. The van der Waals surface area contributed by atoms with Crippen LogP contribution in [-0.2, 0) is 17.5 Å². The predicted octanol–water partition coefficient (Wildman–Crippen LogP) is 2.71. The summed E-state index contributed by atoms with van der Waals surface area (Å²) in [5.74, 6) is 0.463. The average molecular weight is 305 g/mol. The number of hydrogen-bond donors (Lipinski definition) is 1.